The topological polar surface area (TPSA) is 29.5 Å². The molecule has 0 saturated carbocycles. The van der Waals surface area contributed by atoms with Gasteiger partial charge in [0.15, 0.2) is 0 Å². The van der Waals surface area contributed by atoms with Crippen molar-refractivity contribution in [2.45, 2.75) is 12.8 Å². The zero-order valence-electron chi connectivity index (χ0n) is 10.0. The Bertz CT molecular complexity index is 465. The fourth-order valence-corrected chi connectivity index (χ4v) is 1.84. The lowest BCUT2D eigenvalue weighted by Crippen LogP contribution is -2.23. The summed E-state index contributed by atoms with van der Waals surface area (Å²) in [6.07, 6.45) is 6.97. The van der Waals surface area contributed by atoms with E-state index in [2.05, 4.69) is 0 Å². The molecule has 18 heavy (non-hydrogen) atoms. The summed E-state index contributed by atoms with van der Waals surface area (Å²) in [6.45, 7) is 2.16. The van der Waals surface area contributed by atoms with E-state index < -0.39 is 0 Å². The molecule has 0 unspecified atom stereocenters. The molecule has 0 fully saturated rings. The van der Waals surface area contributed by atoms with Crippen LogP contribution in [0, 0.1) is 0 Å². The van der Waals surface area contributed by atoms with Crippen LogP contribution in [0.4, 0.5) is 4.79 Å². The quantitative estimate of drug-likeness (QED) is 0.809. The molecule has 1 aliphatic rings. The van der Waals surface area contributed by atoms with Crippen molar-refractivity contribution in [2.24, 2.45) is 0 Å². The number of ether oxygens (including phenoxy) is 1. The minimum atomic E-state index is -0.362. The van der Waals surface area contributed by atoms with Gasteiger partial charge in [-0.05, 0) is 24.6 Å². The molecule has 4 heteroatoms. The molecule has 0 bridgehead atoms. The predicted octanol–water partition coefficient (Wildman–Crippen LogP) is 3.92. The Labute approximate surface area is 111 Å². The van der Waals surface area contributed by atoms with E-state index in [1.807, 2.05) is 36.4 Å². The minimum absolute atomic E-state index is 0.160. The zero-order valence-corrected chi connectivity index (χ0v) is 10.8. The van der Waals surface area contributed by atoms with Crippen LogP contribution >= 0.6 is 11.6 Å². The summed E-state index contributed by atoms with van der Waals surface area (Å²) in [4.78, 5) is 12.9. The average Bonchev–Trinajstić information content (AvgIpc) is 2.40. The Morgan fingerprint density at radius 1 is 1.28 bits per heavy atom. The summed E-state index contributed by atoms with van der Waals surface area (Å²) >= 11 is 5.84. The second kappa shape index (κ2) is 5.74. The second-order valence-electron chi connectivity index (χ2n) is 3.87. The molecule has 1 amide bonds. The van der Waals surface area contributed by atoms with Crippen LogP contribution in [0.25, 0.3) is 0 Å². The number of carbonyl (C=O) groups is 1. The van der Waals surface area contributed by atoms with Crippen molar-refractivity contribution in [3.05, 3.63) is 59.4 Å². The SMILES string of the molecule is CCOC(=O)N1C=CC(c2ccc(Cl)cc2)C=C1. The van der Waals surface area contributed by atoms with E-state index >= 15 is 0 Å². The van der Waals surface area contributed by atoms with Crippen molar-refractivity contribution in [1.82, 2.24) is 4.90 Å². The summed E-state index contributed by atoms with van der Waals surface area (Å²) in [7, 11) is 0. The van der Waals surface area contributed by atoms with Gasteiger partial charge in [-0.25, -0.2) is 4.79 Å². The minimum Gasteiger partial charge on any atom is -0.449 e. The summed E-state index contributed by atoms with van der Waals surface area (Å²) in [5.41, 5.74) is 1.13. The van der Waals surface area contributed by atoms with Gasteiger partial charge < -0.3 is 4.74 Å². The highest BCUT2D eigenvalue weighted by molar-refractivity contribution is 6.30. The Morgan fingerprint density at radius 3 is 2.44 bits per heavy atom. The van der Waals surface area contributed by atoms with E-state index in [0.29, 0.717) is 6.61 Å². The van der Waals surface area contributed by atoms with Crippen molar-refractivity contribution < 1.29 is 9.53 Å². The fraction of sp³-hybridized carbons (Fsp3) is 0.214. The molecule has 0 aliphatic carbocycles. The van der Waals surface area contributed by atoms with Gasteiger partial charge in [-0.2, -0.15) is 0 Å². The first-order chi connectivity index (χ1) is 8.70. The third kappa shape index (κ3) is 2.93. The number of hydrogen-bond donors (Lipinski definition) is 0. The predicted molar refractivity (Wildman–Crippen MR) is 71.3 cm³/mol. The number of allylic oxidation sites excluding steroid dienone is 2. The molecule has 1 aromatic rings. The zero-order chi connectivity index (χ0) is 13.0. The van der Waals surface area contributed by atoms with Crippen LogP contribution in [0.15, 0.2) is 48.8 Å². The third-order valence-electron chi connectivity index (χ3n) is 2.64. The lowest BCUT2D eigenvalue weighted by Gasteiger charge is -2.19. The van der Waals surface area contributed by atoms with E-state index in [-0.39, 0.29) is 12.0 Å². The van der Waals surface area contributed by atoms with E-state index in [9.17, 15) is 4.79 Å². The van der Waals surface area contributed by atoms with Crippen LogP contribution in [0.1, 0.15) is 18.4 Å². The summed E-state index contributed by atoms with van der Waals surface area (Å²) in [6, 6.07) is 7.66. The number of carbonyl (C=O) groups excluding carboxylic acids is 1. The maximum absolute atomic E-state index is 11.5. The Kier molecular flexibility index (Phi) is 4.05. The molecule has 0 spiro atoms. The van der Waals surface area contributed by atoms with Crippen LogP contribution in [-0.2, 0) is 4.74 Å². The first kappa shape index (κ1) is 12.7. The van der Waals surface area contributed by atoms with Gasteiger partial charge in [0.25, 0.3) is 0 Å². The molecule has 1 aliphatic heterocycles. The number of amides is 1. The maximum Gasteiger partial charge on any atom is 0.417 e. The first-order valence-corrected chi connectivity index (χ1v) is 6.15. The molecular weight excluding hydrogens is 250 g/mol. The molecule has 1 aromatic carbocycles. The van der Waals surface area contributed by atoms with Crippen molar-refractivity contribution in [2.75, 3.05) is 6.61 Å². The Morgan fingerprint density at radius 2 is 1.89 bits per heavy atom. The van der Waals surface area contributed by atoms with E-state index in [1.165, 1.54) is 4.90 Å². The van der Waals surface area contributed by atoms with Gasteiger partial charge in [0.1, 0.15) is 0 Å². The van der Waals surface area contributed by atoms with Crippen LogP contribution in [0.2, 0.25) is 5.02 Å². The molecule has 3 nitrogen and oxygen atoms in total. The highest BCUT2D eigenvalue weighted by Gasteiger charge is 2.14. The smallest absolute Gasteiger partial charge is 0.417 e. The molecular formula is C14H14ClNO2. The van der Waals surface area contributed by atoms with Crippen LogP contribution in [0.3, 0.4) is 0 Å². The summed E-state index contributed by atoms with van der Waals surface area (Å²) < 4.78 is 4.91. The standard InChI is InChI=1S/C14H14ClNO2/c1-2-18-14(17)16-9-7-12(8-10-16)11-3-5-13(15)6-4-11/h3-10,12H,2H2,1H3. The second-order valence-corrected chi connectivity index (χ2v) is 4.30. The highest BCUT2D eigenvalue weighted by Crippen LogP contribution is 2.24. The van der Waals surface area contributed by atoms with Gasteiger partial charge in [-0.15, -0.1) is 0 Å². The van der Waals surface area contributed by atoms with Gasteiger partial charge in [-0.1, -0.05) is 35.9 Å². The number of nitrogens with zero attached hydrogens (tertiary/aromatic N) is 1. The van der Waals surface area contributed by atoms with Crippen molar-refractivity contribution in [3.8, 4) is 0 Å². The lowest BCUT2D eigenvalue weighted by molar-refractivity contribution is 0.133. The average molecular weight is 264 g/mol. The van der Waals surface area contributed by atoms with Crippen molar-refractivity contribution in [1.29, 1.82) is 0 Å². The molecule has 0 atom stereocenters. The molecule has 94 valence electrons. The first-order valence-electron chi connectivity index (χ1n) is 5.78. The number of hydrogen-bond acceptors (Lipinski definition) is 2. The van der Waals surface area contributed by atoms with Gasteiger partial charge in [0.2, 0.25) is 0 Å². The van der Waals surface area contributed by atoms with Crippen LogP contribution in [0.5, 0.6) is 0 Å². The molecule has 1 heterocycles. The molecule has 0 saturated heterocycles. The van der Waals surface area contributed by atoms with Crippen molar-refractivity contribution >= 4 is 17.7 Å². The highest BCUT2D eigenvalue weighted by atomic mass is 35.5. The molecule has 2 rings (SSSR count). The normalized spacial score (nSPS) is 14.9. The summed E-state index contributed by atoms with van der Waals surface area (Å²) in [5.74, 6) is 0.160. The van der Waals surface area contributed by atoms with Crippen molar-refractivity contribution in [3.63, 3.8) is 0 Å². The van der Waals surface area contributed by atoms with Gasteiger partial charge >= 0.3 is 6.09 Å². The largest absolute Gasteiger partial charge is 0.449 e. The third-order valence-corrected chi connectivity index (χ3v) is 2.89. The van der Waals surface area contributed by atoms with E-state index in [0.717, 1.165) is 10.6 Å². The van der Waals surface area contributed by atoms with Crippen LogP contribution in [-0.4, -0.2) is 17.6 Å². The maximum atomic E-state index is 11.5. The molecule has 0 aromatic heterocycles. The van der Waals surface area contributed by atoms with Gasteiger partial charge in [0.05, 0.1) is 6.61 Å². The van der Waals surface area contributed by atoms with Crippen LogP contribution < -0.4 is 0 Å². The monoisotopic (exact) mass is 263 g/mol. The Balaban J connectivity index is 2.05. The Hall–Kier alpha value is -1.74. The number of rotatable bonds is 2. The molecule has 0 N–H and O–H groups in total. The summed E-state index contributed by atoms with van der Waals surface area (Å²) in [5, 5.41) is 0.718. The van der Waals surface area contributed by atoms with Gasteiger partial charge in [0, 0.05) is 23.3 Å². The molecule has 0 radical (unpaired) electrons. The van der Waals surface area contributed by atoms with E-state index in [1.54, 1.807) is 19.3 Å². The number of benzene rings is 1. The lowest BCUT2D eigenvalue weighted by atomic mass is 9.98. The van der Waals surface area contributed by atoms with E-state index in [4.69, 9.17) is 16.3 Å². The fourth-order valence-electron chi connectivity index (χ4n) is 1.71. The van der Waals surface area contributed by atoms with Gasteiger partial charge in [-0.3, -0.25) is 4.90 Å². The number of halogens is 1.